The molecule has 3 aromatic rings. The minimum absolute atomic E-state index is 0.0271. The molecule has 2 aromatic heterocycles. The van der Waals surface area contributed by atoms with Crippen LogP contribution in [0.3, 0.4) is 0 Å². The van der Waals surface area contributed by atoms with Crippen LogP contribution in [0, 0.1) is 36.5 Å². The second-order valence-electron chi connectivity index (χ2n) is 7.05. The standard InChI is InChI=1S/C21H19N7O3S/c1-10-5-6-15(11(2)7-10)25-19(29)12(3)32-20-14(9-23)16(13(8-22)18(24)26-20)17-21(30)31-27-28(17)4/h5-7,12H,1-4H3,(H3-,24,25,26,27,29,30). The van der Waals surface area contributed by atoms with E-state index >= 15 is 0 Å². The highest BCUT2D eigenvalue weighted by Crippen LogP contribution is 2.38. The van der Waals surface area contributed by atoms with Crippen molar-refractivity contribution in [1.29, 1.82) is 10.5 Å². The Balaban J connectivity index is 2.01. The van der Waals surface area contributed by atoms with Crippen molar-refractivity contribution in [2.45, 2.75) is 31.0 Å². The number of nitriles is 2. The largest absolute Gasteiger partial charge is 0.539 e. The monoisotopic (exact) mass is 449 g/mol. The number of pyridine rings is 1. The quantitative estimate of drug-likeness (QED) is 0.435. The predicted octanol–water partition coefficient (Wildman–Crippen LogP) is 1.70. The summed E-state index contributed by atoms with van der Waals surface area (Å²) >= 11 is 0.990. The molecule has 162 valence electrons. The molecule has 11 heteroatoms. The molecule has 0 aliphatic heterocycles. The van der Waals surface area contributed by atoms with Gasteiger partial charge < -0.3 is 20.7 Å². The molecular weight excluding hydrogens is 430 g/mol. The average molecular weight is 449 g/mol. The summed E-state index contributed by atoms with van der Waals surface area (Å²) in [7, 11) is 1.44. The number of thioether (sulfide) groups is 1. The van der Waals surface area contributed by atoms with Gasteiger partial charge in [0, 0.05) is 5.69 Å². The zero-order valence-electron chi connectivity index (χ0n) is 17.8. The first-order valence-corrected chi connectivity index (χ1v) is 10.3. The highest BCUT2D eigenvalue weighted by molar-refractivity contribution is 8.00. The molecule has 1 aromatic carbocycles. The fourth-order valence-corrected chi connectivity index (χ4v) is 4.03. The number of carbonyl (C=O) groups is 1. The molecule has 2 heterocycles. The van der Waals surface area contributed by atoms with Crippen molar-refractivity contribution in [3.8, 4) is 29.3 Å². The summed E-state index contributed by atoms with van der Waals surface area (Å²) < 4.78 is 5.75. The maximum Gasteiger partial charge on any atom is 0.266 e. The number of amides is 1. The minimum Gasteiger partial charge on any atom is -0.539 e. The number of nitrogens with two attached hydrogens (primary N) is 1. The van der Waals surface area contributed by atoms with Crippen LogP contribution in [0.4, 0.5) is 11.5 Å². The van der Waals surface area contributed by atoms with Gasteiger partial charge in [0.2, 0.25) is 5.91 Å². The summed E-state index contributed by atoms with van der Waals surface area (Å²) in [6.07, 6.45) is 0. The van der Waals surface area contributed by atoms with E-state index in [9.17, 15) is 20.4 Å². The van der Waals surface area contributed by atoms with Crippen LogP contribution in [0.2, 0.25) is 0 Å². The number of rotatable bonds is 5. The fourth-order valence-electron chi connectivity index (χ4n) is 3.11. The summed E-state index contributed by atoms with van der Waals surface area (Å²) in [6.45, 7) is 5.50. The molecule has 0 radical (unpaired) electrons. The van der Waals surface area contributed by atoms with Gasteiger partial charge in [-0.25, -0.2) is 4.98 Å². The number of nitrogens with one attached hydrogen (secondary N) is 1. The van der Waals surface area contributed by atoms with Crippen LogP contribution >= 0.6 is 11.8 Å². The topological polar surface area (TPSA) is 169 Å². The Kier molecular flexibility index (Phi) is 6.32. The van der Waals surface area contributed by atoms with Gasteiger partial charge in [0.15, 0.2) is 13.0 Å². The molecule has 3 N–H and O–H groups in total. The van der Waals surface area contributed by atoms with Gasteiger partial charge >= 0.3 is 0 Å². The molecule has 1 unspecified atom stereocenters. The maximum atomic E-state index is 12.8. The second kappa shape index (κ2) is 8.96. The third-order valence-corrected chi connectivity index (χ3v) is 5.80. The Bertz CT molecular complexity index is 1280. The first-order chi connectivity index (χ1) is 15.2. The highest BCUT2D eigenvalue weighted by atomic mass is 32.2. The van der Waals surface area contributed by atoms with Crippen LogP contribution in [0.1, 0.15) is 29.2 Å². The zero-order chi connectivity index (χ0) is 23.6. The lowest BCUT2D eigenvalue weighted by Gasteiger charge is -2.15. The summed E-state index contributed by atoms with van der Waals surface area (Å²) in [6, 6.07) is 9.52. The molecule has 1 atom stereocenters. The number of nitrogen functional groups attached to an aromatic ring is 1. The van der Waals surface area contributed by atoms with Crippen LogP contribution in [-0.2, 0) is 11.8 Å². The molecule has 3 rings (SSSR count). The lowest BCUT2D eigenvalue weighted by atomic mass is 10.0. The first kappa shape index (κ1) is 22.6. The molecule has 0 bridgehead atoms. The van der Waals surface area contributed by atoms with Crippen molar-refractivity contribution in [3.05, 3.63) is 40.5 Å². The Hall–Kier alpha value is -4.09. The van der Waals surface area contributed by atoms with Gasteiger partial charge in [-0.1, -0.05) is 34.1 Å². The number of aryl methyl sites for hydroxylation is 3. The molecule has 0 fully saturated rings. The molecule has 10 nitrogen and oxygen atoms in total. The second-order valence-corrected chi connectivity index (χ2v) is 8.38. The van der Waals surface area contributed by atoms with E-state index in [1.165, 1.54) is 7.05 Å². The van der Waals surface area contributed by atoms with E-state index < -0.39 is 11.2 Å². The van der Waals surface area contributed by atoms with Crippen LogP contribution in [0.5, 0.6) is 5.95 Å². The van der Waals surface area contributed by atoms with Gasteiger partial charge in [-0.15, -0.1) is 0 Å². The molecular formula is C21H19N7O3S. The number of benzene rings is 1. The van der Waals surface area contributed by atoms with Crippen LogP contribution in [-0.4, -0.2) is 21.4 Å². The molecule has 0 spiro atoms. The van der Waals surface area contributed by atoms with E-state index in [0.29, 0.717) is 5.69 Å². The lowest BCUT2D eigenvalue weighted by molar-refractivity contribution is -0.730. The van der Waals surface area contributed by atoms with Gasteiger partial charge in [-0.2, -0.15) is 10.5 Å². The molecule has 1 amide bonds. The van der Waals surface area contributed by atoms with Crippen LogP contribution < -0.4 is 20.8 Å². The SMILES string of the molecule is Cc1ccc(NC(=O)C(C)Sc2nc(N)c(C#N)c(-c3c([O-])on[n+]3C)c2C#N)c(C)c1. The minimum atomic E-state index is -0.831. The molecule has 0 aliphatic carbocycles. The molecule has 0 saturated heterocycles. The van der Waals surface area contributed by atoms with Gasteiger partial charge in [0.25, 0.3) is 5.69 Å². The van der Waals surface area contributed by atoms with Crippen molar-refractivity contribution < 1.29 is 19.1 Å². The fraction of sp³-hybridized carbons (Fsp3) is 0.238. The van der Waals surface area contributed by atoms with Crippen LogP contribution in [0.25, 0.3) is 11.3 Å². The van der Waals surface area contributed by atoms with E-state index in [2.05, 4.69) is 20.1 Å². The Morgan fingerprint density at radius 2 is 2.00 bits per heavy atom. The summed E-state index contributed by atoms with van der Waals surface area (Å²) in [5, 5.41) is 37.4. The Labute approximate surface area is 188 Å². The molecule has 0 aliphatic rings. The van der Waals surface area contributed by atoms with Gasteiger partial charge in [-0.05, 0) is 32.4 Å². The van der Waals surface area contributed by atoms with Gasteiger partial charge in [0.05, 0.1) is 21.6 Å². The average Bonchev–Trinajstić information content (AvgIpc) is 3.07. The van der Waals surface area contributed by atoms with E-state index in [0.717, 1.165) is 27.6 Å². The van der Waals surface area contributed by atoms with Gasteiger partial charge in [0.1, 0.15) is 28.5 Å². The molecule has 0 saturated carbocycles. The van der Waals surface area contributed by atoms with E-state index in [1.54, 1.807) is 6.92 Å². The normalized spacial score (nSPS) is 11.4. The first-order valence-electron chi connectivity index (χ1n) is 9.39. The summed E-state index contributed by atoms with van der Waals surface area (Å²) in [5.41, 5.74) is 8.27. The lowest BCUT2D eigenvalue weighted by Crippen LogP contribution is -2.32. The van der Waals surface area contributed by atoms with Crippen molar-refractivity contribution in [2.75, 3.05) is 11.1 Å². The third kappa shape index (κ3) is 4.19. The predicted molar refractivity (Wildman–Crippen MR) is 114 cm³/mol. The Morgan fingerprint density at radius 3 is 2.56 bits per heavy atom. The third-order valence-electron chi connectivity index (χ3n) is 4.71. The summed E-state index contributed by atoms with van der Waals surface area (Å²) in [4.78, 5) is 16.9. The number of hydrogen-bond acceptors (Lipinski definition) is 9. The number of anilines is 2. The Morgan fingerprint density at radius 1 is 1.31 bits per heavy atom. The maximum absolute atomic E-state index is 12.8. The van der Waals surface area contributed by atoms with Crippen molar-refractivity contribution >= 4 is 29.2 Å². The zero-order valence-corrected chi connectivity index (χ0v) is 18.6. The number of aromatic nitrogens is 3. The smallest absolute Gasteiger partial charge is 0.266 e. The number of carbonyl (C=O) groups excluding carboxylic acids is 1. The highest BCUT2D eigenvalue weighted by Gasteiger charge is 2.30. The molecule has 32 heavy (non-hydrogen) atoms. The van der Waals surface area contributed by atoms with Crippen LogP contribution in [0.15, 0.2) is 27.7 Å². The number of nitrogens with zero attached hydrogens (tertiary/aromatic N) is 5. The van der Waals surface area contributed by atoms with Crippen molar-refractivity contribution in [1.82, 2.24) is 10.3 Å². The number of hydrogen-bond donors (Lipinski definition) is 2. The van der Waals surface area contributed by atoms with E-state index in [1.807, 2.05) is 44.2 Å². The summed E-state index contributed by atoms with van der Waals surface area (Å²) in [5.74, 6) is -1.31. The van der Waals surface area contributed by atoms with E-state index in [-0.39, 0.29) is 39.1 Å². The van der Waals surface area contributed by atoms with Crippen molar-refractivity contribution in [2.24, 2.45) is 7.05 Å². The van der Waals surface area contributed by atoms with Crippen molar-refractivity contribution in [3.63, 3.8) is 0 Å². The van der Waals surface area contributed by atoms with Gasteiger partial charge in [-0.3, -0.25) is 4.79 Å². The van der Waals surface area contributed by atoms with E-state index in [4.69, 9.17) is 5.73 Å².